The molecule has 0 amide bonds. The molecule has 0 aliphatic carbocycles. The molecule has 0 heterocycles. The van der Waals surface area contributed by atoms with Gasteiger partial charge in [0, 0.05) is 0 Å². The first-order valence-electron chi connectivity index (χ1n) is 5.33. The van der Waals surface area contributed by atoms with Crippen molar-refractivity contribution >= 4 is 23.8 Å². The van der Waals surface area contributed by atoms with Crippen molar-refractivity contribution in [3.8, 4) is 0 Å². The number of aliphatic carboxylic acids is 2. The molecule has 6 nitrogen and oxygen atoms in total. The van der Waals surface area contributed by atoms with Crippen LogP contribution in [0.1, 0.15) is 12.5 Å². The summed E-state index contributed by atoms with van der Waals surface area (Å²) in [5, 5.41) is 14.8. The summed E-state index contributed by atoms with van der Waals surface area (Å²) in [6.45, 7) is 1.68. The van der Waals surface area contributed by atoms with Gasteiger partial charge in [0.25, 0.3) is 0 Å². The summed E-state index contributed by atoms with van der Waals surface area (Å²) in [5.74, 6) is -3.70. The topological polar surface area (TPSA) is 118 Å². The molecule has 0 aliphatic heterocycles. The first kappa shape index (κ1) is 16.5. The number of hydrogen-bond donors (Lipinski definition) is 3. The lowest BCUT2D eigenvalue weighted by molar-refractivity contribution is -0.159. The van der Waals surface area contributed by atoms with Crippen molar-refractivity contribution in [1.82, 2.24) is 0 Å². The van der Waals surface area contributed by atoms with Crippen LogP contribution in [0.4, 0.5) is 0 Å². The lowest BCUT2D eigenvalue weighted by Crippen LogP contribution is -2.24. The average Bonchev–Trinajstić information content (AvgIpc) is 2.37. The number of rotatable bonds is 3. The molecule has 1 aromatic carbocycles. The Bertz CT molecular complexity index is 453. The number of ketones is 1. The van der Waals surface area contributed by atoms with E-state index < -0.39 is 18.0 Å². The van der Waals surface area contributed by atoms with Crippen LogP contribution < -0.4 is 5.73 Å². The Balaban J connectivity index is 0.000000459. The van der Waals surface area contributed by atoms with Crippen LogP contribution in [0.5, 0.6) is 0 Å². The molecule has 0 bridgehead atoms. The van der Waals surface area contributed by atoms with Crippen molar-refractivity contribution in [3.63, 3.8) is 0 Å². The number of carboxylic acid groups (broad SMARTS) is 2. The summed E-state index contributed by atoms with van der Waals surface area (Å²) in [6.07, 6.45) is 3.28. The van der Waals surface area contributed by atoms with Crippen LogP contribution >= 0.6 is 0 Å². The Kier molecular flexibility index (Phi) is 7.48. The monoisotopic (exact) mass is 265 g/mol. The van der Waals surface area contributed by atoms with E-state index in [1.54, 1.807) is 13.0 Å². The predicted molar refractivity (Wildman–Crippen MR) is 69.4 cm³/mol. The molecule has 0 fully saturated rings. The minimum absolute atomic E-state index is 0.0520. The van der Waals surface area contributed by atoms with Gasteiger partial charge in [-0.25, -0.2) is 9.59 Å². The van der Waals surface area contributed by atoms with Gasteiger partial charge in [0.2, 0.25) is 0 Å². The molecule has 102 valence electrons. The Labute approximate surface area is 110 Å². The van der Waals surface area contributed by atoms with Crippen molar-refractivity contribution in [3.05, 3.63) is 42.0 Å². The van der Waals surface area contributed by atoms with Gasteiger partial charge in [-0.15, -0.1) is 0 Å². The molecule has 4 N–H and O–H groups in total. The second kappa shape index (κ2) is 8.60. The third-order valence-electron chi connectivity index (χ3n) is 1.87. The van der Waals surface area contributed by atoms with Gasteiger partial charge in [-0.3, -0.25) is 4.79 Å². The first-order valence-corrected chi connectivity index (χ1v) is 5.33. The zero-order chi connectivity index (χ0) is 14.8. The molecular weight excluding hydrogens is 250 g/mol. The maximum Gasteiger partial charge on any atom is 0.414 e. The van der Waals surface area contributed by atoms with Gasteiger partial charge in [0.1, 0.15) is 0 Å². The Morgan fingerprint density at radius 2 is 1.58 bits per heavy atom. The van der Waals surface area contributed by atoms with Crippen molar-refractivity contribution in [2.75, 3.05) is 0 Å². The fourth-order valence-electron chi connectivity index (χ4n) is 0.894. The number of carbonyl (C=O) groups is 3. The highest BCUT2D eigenvalue weighted by Crippen LogP contribution is 2.01. The van der Waals surface area contributed by atoms with E-state index in [1.807, 2.05) is 30.3 Å². The average molecular weight is 265 g/mol. The number of benzene rings is 1. The highest BCUT2D eigenvalue weighted by molar-refractivity contribution is 6.27. The SMILES string of the molecule is C[C@H](N)C(=O)/C=C/c1ccccc1.O=C(O)C(=O)O. The molecule has 1 aromatic rings. The molecule has 6 heteroatoms. The summed E-state index contributed by atoms with van der Waals surface area (Å²) < 4.78 is 0. The molecular formula is C13H15NO5. The predicted octanol–water partition coefficient (Wildman–Crippen LogP) is 0.772. The van der Waals surface area contributed by atoms with Crippen molar-refractivity contribution < 1.29 is 24.6 Å². The Morgan fingerprint density at radius 3 is 1.95 bits per heavy atom. The van der Waals surface area contributed by atoms with Gasteiger partial charge in [-0.05, 0) is 18.6 Å². The Hall–Kier alpha value is -2.47. The molecule has 19 heavy (non-hydrogen) atoms. The number of hydrogen-bond acceptors (Lipinski definition) is 4. The minimum atomic E-state index is -1.82. The molecule has 0 radical (unpaired) electrons. The van der Waals surface area contributed by atoms with Gasteiger partial charge in [0.15, 0.2) is 5.78 Å². The lowest BCUT2D eigenvalue weighted by Gasteiger charge is -1.96. The van der Waals surface area contributed by atoms with E-state index in [0.717, 1.165) is 5.56 Å². The molecule has 0 unspecified atom stereocenters. The van der Waals surface area contributed by atoms with E-state index in [4.69, 9.17) is 25.5 Å². The fraction of sp³-hybridized carbons (Fsp3) is 0.154. The smallest absolute Gasteiger partial charge is 0.414 e. The summed E-state index contributed by atoms with van der Waals surface area (Å²) in [4.78, 5) is 29.3. The molecule has 0 saturated heterocycles. The van der Waals surface area contributed by atoms with E-state index in [9.17, 15) is 4.79 Å². The standard InChI is InChI=1S/C11H13NO.C2H2O4/c1-9(12)11(13)8-7-10-5-3-2-4-6-10;3-1(4)2(5)6/h2-9H,12H2,1H3;(H,3,4)(H,5,6)/b8-7+;/t9-;/m0./s1. The minimum Gasteiger partial charge on any atom is -0.473 e. The van der Waals surface area contributed by atoms with Gasteiger partial charge < -0.3 is 15.9 Å². The maximum absolute atomic E-state index is 11.1. The van der Waals surface area contributed by atoms with E-state index in [-0.39, 0.29) is 5.78 Å². The zero-order valence-electron chi connectivity index (χ0n) is 10.3. The van der Waals surface area contributed by atoms with Crippen LogP contribution in [-0.4, -0.2) is 34.0 Å². The fourth-order valence-corrected chi connectivity index (χ4v) is 0.894. The van der Waals surface area contributed by atoms with Crippen molar-refractivity contribution in [1.29, 1.82) is 0 Å². The van der Waals surface area contributed by atoms with Crippen LogP contribution in [0.25, 0.3) is 6.08 Å². The zero-order valence-corrected chi connectivity index (χ0v) is 10.3. The van der Waals surface area contributed by atoms with Gasteiger partial charge >= 0.3 is 11.9 Å². The van der Waals surface area contributed by atoms with Gasteiger partial charge in [-0.2, -0.15) is 0 Å². The molecule has 1 rings (SSSR count). The molecule has 0 saturated carbocycles. The molecule has 1 atom stereocenters. The number of carbonyl (C=O) groups excluding carboxylic acids is 1. The summed E-state index contributed by atoms with van der Waals surface area (Å²) in [6, 6.07) is 9.24. The van der Waals surface area contributed by atoms with E-state index >= 15 is 0 Å². The van der Waals surface area contributed by atoms with E-state index in [0.29, 0.717) is 0 Å². The van der Waals surface area contributed by atoms with Gasteiger partial charge in [0.05, 0.1) is 6.04 Å². The lowest BCUT2D eigenvalue weighted by atomic mass is 10.1. The van der Waals surface area contributed by atoms with E-state index in [2.05, 4.69) is 0 Å². The first-order chi connectivity index (χ1) is 8.84. The van der Waals surface area contributed by atoms with Crippen LogP contribution in [0.2, 0.25) is 0 Å². The normalized spacial score (nSPS) is 11.3. The third-order valence-corrected chi connectivity index (χ3v) is 1.87. The number of carboxylic acids is 2. The van der Waals surface area contributed by atoms with Gasteiger partial charge in [-0.1, -0.05) is 36.4 Å². The van der Waals surface area contributed by atoms with Crippen LogP contribution in [0, 0.1) is 0 Å². The van der Waals surface area contributed by atoms with Crippen LogP contribution in [-0.2, 0) is 14.4 Å². The third kappa shape index (κ3) is 8.28. The summed E-state index contributed by atoms with van der Waals surface area (Å²) in [5.41, 5.74) is 6.41. The molecule has 0 aliphatic rings. The number of nitrogens with two attached hydrogens (primary N) is 1. The quantitative estimate of drug-likeness (QED) is 0.549. The largest absolute Gasteiger partial charge is 0.473 e. The molecule has 0 spiro atoms. The van der Waals surface area contributed by atoms with Crippen molar-refractivity contribution in [2.24, 2.45) is 5.73 Å². The van der Waals surface area contributed by atoms with Crippen LogP contribution in [0.3, 0.4) is 0 Å². The maximum atomic E-state index is 11.1. The van der Waals surface area contributed by atoms with Crippen molar-refractivity contribution in [2.45, 2.75) is 13.0 Å². The highest BCUT2D eigenvalue weighted by atomic mass is 16.4. The second-order valence-corrected chi connectivity index (χ2v) is 3.55. The van der Waals surface area contributed by atoms with E-state index in [1.165, 1.54) is 6.08 Å². The Morgan fingerprint density at radius 1 is 1.11 bits per heavy atom. The van der Waals surface area contributed by atoms with Crippen LogP contribution in [0.15, 0.2) is 36.4 Å². The highest BCUT2D eigenvalue weighted by Gasteiger charge is 2.04. The second-order valence-electron chi connectivity index (χ2n) is 3.55. The summed E-state index contributed by atoms with van der Waals surface area (Å²) >= 11 is 0. The summed E-state index contributed by atoms with van der Waals surface area (Å²) in [7, 11) is 0. The molecule has 0 aromatic heterocycles.